The fourth-order valence-electron chi connectivity index (χ4n) is 6.21. The summed E-state index contributed by atoms with van der Waals surface area (Å²) in [5.74, 6) is 0. The van der Waals surface area contributed by atoms with E-state index in [0.29, 0.717) is 5.56 Å². The lowest BCUT2D eigenvalue weighted by atomic mass is 9.71. The van der Waals surface area contributed by atoms with Gasteiger partial charge in [0, 0.05) is 25.9 Å². The summed E-state index contributed by atoms with van der Waals surface area (Å²) in [6.07, 6.45) is -0.960. The molecule has 3 aromatic rings. The highest BCUT2D eigenvalue weighted by molar-refractivity contribution is 6.87. The molecule has 41 heavy (non-hydrogen) atoms. The molecule has 2 aromatic carbocycles. The summed E-state index contributed by atoms with van der Waals surface area (Å²) in [5, 5.41) is 24.4. The number of aliphatic hydroxyl groups is 2. The number of hydroxylamine groups is 2. The number of hydrogen-bond acceptors (Lipinski definition) is 8. The molecule has 1 aromatic heterocycles. The molecule has 1 aliphatic rings. The number of nitrogens with zero attached hydrogens (tertiary/aromatic N) is 2. The van der Waals surface area contributed by atoms with Gasteiger partial charge in [-0.3, -0.25) is 19.2 Å². The van der Waals surface area contributed by atoms with Gasteiger partial charge in [0.25, 0.3) is 5.56 Å². The molecule has 4 rings (SSSR count). The Morgan fingerprint density at radius 2 is 1.59 bits per heavy atom. The molecule has 0 saturated carbocycles. The van der Waals surface area contributed by atoms with Crippen LogP contribution >= 0.6 is 0 Å². The van der Waals surface area contributed by atoms with Crippen molar-refractivity contribution in [3.63, 3.8) is 0 Å². The van der Waals surface area contributed by atoms with E-state index >= 15 is 0 Å². The SMILES string of the molecule is Cc1cn([C@]2([SiH](c3ccccc3)c3ccccc3)O[C@H](CO)[C@@H](O)[C@]2(OCCON(C)C)C(C)(C)C)c(=O)[nH]c1=O. The van der Waals surface area contributed by atoms with Gasteiger partial charge in [-0.15, -0.1) is 0 Å². The van der Waals surface area contributed by atoms with E-state index in [-0.39, 0.29) is 13.2 Å². The molecule has 0 bridgehead atoms. The van der Waals surface area contributed by atoms with Crippen molar-refractivity contribution >= 4 is 19.2 Å². The van der Waals surface area contributed by atoms with E-state index in [0.717, 1.165) is 10.4 Å². The first-order valence-corrected chi connectivity index (χ1v) is 15.5. The minimum Gasteiger partial charge on any atom is -0.394 e. The van der Waals surface area contributed by atoms with Gasteiger partial charge in [-0.2, -0.15) is 5.06 Å². The number of rotatable bonds is 10. The molecule has 0 amide bonds. The standard InChI is InChI=1S/C30H41N3O7Si/c1-21-19-33(27(37)31-26(21)36)30(41(22-13-9-7-10-14-22)23-15-11-8-12-16-23)29(28(2,3)4,25(35)24(20-34)40-30)38-17-18-39-32(5)6/h7-16,19,24-25,34-35,41H,17-18,20H2,1-6H3,(H,31,36,37)/t24-,25-,29+,30+/m1/s1. The molecule has 1 saturated heterocycles. The van der Waals surface area contributed by atoms with Gasteiger partial charge in [0.2, 0.25) is 0 Å². The lowest BCUT2D eigenvalue weighted by molar-refractivity contribution is -0.241. The Bertz CT molecular complexity index is 1380. The lowest BCUT2D eigenvalue weighted by Crippen LogP contribution is -2.77. The first kappa shape index (κ1) is 31.0. The van der Waals surface area contributed by atoms with E-state index in [4.69, 9.17) is 14.3 Å². The summed E-state index contributed by atoms with van der Waals surface area (Å²) in [5.41, 5.74) is -3.38. The van der Waals surface area contributed by atoms with Crippen molar-refractivity contribution in [1.29, 1.82) is 0 Å². The van der Waals surface area contributed by atoms with Gasteiger partial charge in [-0.1, -0.05) is 91.8 Å². The van der Waals surface area contributed by atoms with Crippen molar-refractivity contribution in [2.45, 2.75) is 50.9 Å². The van der Waals surface area contributed by atoms with Crippen LogP contribution < -0.4 is 21.6 Å². The van der Waals surface area contributed by atoms with Crippen LogP contribution in [0.25, 0.3) is 0 Å². The number of aromatic amines is 1. The van der Waals surface area contributed by atoms with Crippen LogP contribution in [0, 0.1) is 12.3 Å². The van der Waals surface area contributed by atoms with E-state index in [1.165, 1.54) is 10.8 Å². The Hall–Kier alpha value is -2.90. The van der Waals surface area contributed by atoms with Crippen molar-refractivity contribution < 1.29 is 24.5 Å². The molecule has 0 aliphatic carbocycles. The Morgan fingerprint density at radius 1 is 1.02 bits per heavy atom. The molecule has 1 fully saturated rings. The molecule has 1 aliphatic heterocycles. The Balaban J connectivity index is 2.18. The zero-order chi connectivity index (χ0) is 30.0. The molecule has 0 unspecified atom stereocenters. The van der Waals surface area contributed by atoms with E-state index in [1.807, 2.05) is 81.4 Å². The van der Waals surface area contributed by atoms with Crippen LogP contribution in [0.5, 0.6) is 0 Å². The number of ether oxygens (including phenoxy) is 2. The fraction of sp³-hybridized carbons (Fsp3) is 0.467. The van der Waals surface area contributed by atoms with Crippen LogP contribution in [0.15, 0.2) is 76.4 Å². The van der Waals surface area contributed by atoms with Crippen molar-refractivity contribution in [3.05, 3.63) is 93.3 Å². The highest BCUT2D eigenvalue weighted by atomic mass is 28.3. The van der Waals surface area contributed by atoms with Crippen LogP contribution in [-0.4, -0.2) is 85.3 Å². The Morgan fingerprint density at radius 3 is 2.07 bits per heavy atom. The molecular weight excluding hydrogens is 542 g/mol. The summed E-state index contributed by atoms with van der Waals surface area (Å²) in [6, 6.07) is 19.5. The summed E-state index contributed by atoms with van der Waals surface area (Å²) >= 11 is 0. The minimum atomic E-state index is -2.85. The maximum Gasteiger partial charge on any atom is 0.330 e. The molecule has 0 spiro atoms. The highest BCUT2D eigenvalue weighted by Crippen LogP contribution is 2.56. The number of hydrogen-bond donors (Lipinski definition) is 3. The second kappa shape index (κ2) is 12.1. The smallest absolute Gasteiger partial charge is 0.330 e. The highest BCUT2D eigenvalue weighted by Gasteiger charge is 2.75. The maximum absolute atomic E-state index is 13.9. The van der Waals surface area contributed by atoms with Crippen LogP contribution in [0.2, 0.25) is 0 Å². The molecule has 3 N–H and O–H groups in total. The van der Waals surface area contributed by atoms with E-state index < -0.39 is 55.2 Å². The van der Waals surface area contributed by atoms with E-state index in [9.17, 15) is 19.8 Å². The molecule has 11 heteroatoms. The third-order valence-electron chi connectivity index (χ3n) is 7.82. The van der Waals surface area contributed by atoms with Gasteiger partial charge in [0.1, 0.15) is 17.8 Å². The van der Waals surface area contributed by atoms with Crippen LogP contribution in [0.4, 0.5) is 0 Å². The molecule has 10 nitrogen and oxygen atoms in total. The molecular formula is C30H41N3O7Si. The Kier molecular flexibility index (Phi) is 9.19. The monoisotopic (exact) mass is 583 g/mol. The van der Waals surface area contributed by atoms with Crippen molar-refractivity contribution in [1.82, 2.24) is 14.6 Å². The predicted molar refractivity (Wildman–Crippen MR) is 159 cm³/mol. The third-order valence-corrected chi connectivity index (χ3v) is 11.6. The largest absolute Gasteiger partial charge is 0.394 e. The fourth-order valence-corrected chi connectivity index (χ4v) is 10.6. The van der Waals surface area contributed by atoms with Crippen molar-refractivity contribution in [2.24, 2.45) is 5.41 Å². The Labute approximate surface area is 241 Å². The number of aryl methyl sites for hydroxylation is 1. The van der Waals surface area contributed by atoms with E-state index in [1.54, 1.807) is 26.1 Å². The number of H-pyrrole nitrogens is 1. The topological polar surface area (TPSA) is 126 Å². The second-order valence-corrected chi connectivity index (χ2v) is 14.6. The number of aliphatic hydroxyl groups excluding tert-OH is 2. The van der Waals surface area contributed by atoms with Gasteiger partial charge in [-0.05, 0) is 12.3 Å². The van der Waals surface area contributed by atoms with Crippen LogP contribution in [0.3, 0.4) is 0 Å². The number of aromatic nitrogens is 2. The first-order chi connectivity index (χ1) is 19.4. The van der Waals surface area contributed by atoms with Crippen LogP contribution in [-0.2, 0) is 19.7 Å². The summed E-state index contributed by atoms with van der Waals surface area (Å²) in [4.78, 5) is 34.6. The van der Waals surface area contributed by atoms with Gasteiger partial charge >= 0.3 is 5.69 Å². The number of benzene rings is 2. The van der Waals surface area contributed by atoms with Gasteiger partial charge in [-0.25, -0.2) is 4.79 Å². The van der Waals surface area contributed by atoms with Crippen molar-refractivity contribution in [2.75, 3.05) is 33.9 Å². The van der Waals surface area contributed by atoms with E-state index in [2.05, 4.69) is 4.98 Å². The summed E-state index contributed by atoms with van der Waals surface area (Å²) in [6.45, 7) is 7.09. The first-order valence-electron chi connectivity index (χ1n) is 13.7. The molecule has 222 valence electrons. The third kappa shape index (κ3) is 5.39. The molecule has 0 radical (unpaired) electrons. The average molecular weight is 584 g/mol. The van der Waals surface area contributed by atoms with Gasteiger partial charge in [0.15, 0.2) is 14.1 Å². The maximum atomic E-state index is 13.9. The quantitative estimate of drug-likeness (QED) is 0.175. The zero-order valence-electron chi connectivity index (χ0n) is 24.5. The predicted octanol–water partition coefficient (Wildman–Crippen LogP) is 0.125. The van der Waals surface area contributed by atoms with Crippen molar-refractivity contribution in [3.8, 4) is 0 Å². The molecule has 2 heterocycles. The second-order valence-electron chi connectivity index (χ2n) is 11.7. The average Bonchev–Trinajstić information content (AvgIpc) is 3.19. The van der Waals surface area contributed by atoms with Crippen LogP contribution in [0.1, 0.15) is 26.3 Å². The number of nitrogens with one attached hydrogen (secondary N) is 1. The lowest BCUT2D eigenvalue weighted by Gasteiger charge is -2.55. The summed E-state index contributed by atoms with van der Waals surface area (Å²) < 4.78 is 15.1. The zero-order valence-corrected chi connectivity index (χ0v) is 25.7. The normalized spacial score (nSPS) is 24.8. The van der Waals surface area contributed by atoms with Gasteiger partial charge in [0.05, 0.1) is 19.8 Å². The summed E-state index contributed by atoms with van der Waals surface area (Å²) in [7, 11) is 0.674. The minimum absolute atomic E-state index is 0.0531. The van der Waals surface area contributed by atoms with Gasteiger partial charge < -0.3 is 19.7 Å². The molecule has 4 atom stereocenters.